The van der Waals surface area contributed by atoms with Gasteiger partial charge in [0.1, 0.15) is 24.4 Å². The molecule has 4 atom stereocenters. The van der Waals surface area contributed by atoms with Gasteiger partial charge in [-0.05, 0) is 6.08 Å². The van der Waals surface area contributed by atoms with Crippen LogP contribution in [0.1, 0.15) is 0 Å². The van der Waals surface area contributed by atoms with Crippen LogP contribution < -0.4 is 0 Å². The monoisotopic (exact) mass is 232 g/mol. The molecule has 5 nitrogen and oxygen atoms in total. The fourth-order valence-electron chi connectivity index (χ4n) is 1.87. The molecule has 1 rings (SSSR count). The lowest BCUT2D eigenvalue weighted by atomic mass is 10.0. The van der Waals surface area contributed by atoms with Gasteiger partial charge in [0.25, 0.3) is 0 Å². The van der Waals surface area contributed by atoms with Crippen LogP contribution in [0, 0.1) is 0 Å². The van der Waals surface area contributed by atoms with Gasteiger partial charge in [-0.25, -0.2) is 0 Å². The van der Waals surface area contributed by atoms with Crippen molar-refractivity contribution in [2.75, 3.05) is 35.0 Å². The molecule has 0 saturated carbocycles. The number of methoxy groups -OCH3 is 4. The molecule has 0 N–H and O–H groups in total. The molecule has 1 aliphatic rings. The summed E-state index contributed by atoms with van der Waals surface area (Å²) in [5, 5.41) is 0. The Kier molecular flexibility index (Phi) is 5.76. The van der Waals surface area contributed by atoms with Gasteiger partial charge in [-0.15, -0.1) is 0 Å². The average Bonchev–Trinajstić information content (AvgIpc) is 2.47. The molecule has 94 valence electrons. The summed E-state index contributed by atoms with van der Waals surface area (Å²) in [7, 11) is 6.51. The zero-order valence-corrected chi connectivity index (χ0v) is 10.2. The van der Waals surface area contributed by atoms with Crippen LogP contribution in [0.15, 0.2) is 12.3 Å². The maximum absolute atomic E-state index is 5.52. The highest BCUT2D eigenvalue weighted by atomic mass is 16.6. The van der Waals surface area contributed by atoms with Gasteiger partial charge in [-0.1, -0.05) is 0 Å². The number of hydrogen-bond acceptors (Lipinski definition) is 5. The lowest BCUT2D eigenvalue weighted by molar-refractivity contribution is -0.135. The third-order valence-corrected chi connectivity index (χ3v) is 2.68. The maximum atomic E-state index is 5.52. The SMILES string of the molecule is COC[C@H]1OC=C[C@@H](OC)[C@@H](OC)[C@@H]1OC. The number of ether oxygens (including phenoxy) is 5. The van der Waals surface area contributed by atoms with Gasteiger partial charge in [0, 0.05) is 28.4 Å². The zero-order valence-electron chi connectivity index (χ0n) is 10.2. The first-order chi connectivity index (χ1) is 7.78. The van der Waals surface area contributed by atoms with E-state index >= 15 is 0 Å². The highest BCUT2D eigenvalue weighted by Crippen LogP contribution is 2.20. The van der Waals surface area contributed by atoms with E-state index in [1.807, 2.05) is 6.08 Å². The third kappa shape index (κ3) is 2.95. The fraction of sp³-hybridized carbons (Fsp3) is 0.818. The Morgan fingerprint density at radius 3 is 2.19 bits per heavy atom. The number of hydrogen-bond donors (Lipinski definition) is 0. The minimum absolute atomic E-state index is 0.184. The van der Waals surface area contributed by atoms with Crippen molar-refractivity contribution in [3.05, 3.63) is 12.3 Å². The Hall–Kier alpha value is -0.620. The van der Waals surface area contributed by atoms with E-state index in [0.29, 0.717) is 6.61 Å². The Bertz CT molecular complexity index is 218. The number of rotatable bonds is 5. The summed E-state index contributed by atoms with van der Waals surface area (Å²) >= 11 is 0. The van der Waals surface area contributed by atoms with Crippen molar-refractivity contribution in [2.24, 2.45) is 0 Å². The molecule has 0 spiro atoms. The molecule has 0 amide bonds. The van der Waals surface area contributed by atoms with E-state index in [4.69, 9.17) is 23.7 Å². The Morgan fingerprint density at radius 2 is 1.69 bits per heavy atom. The lowest BCUT2D eigenvalue weighted by Gasteiger charge is -2.31. The van der Waals surface area contributed by atoms with Crippen LogP contribution in [0.25, 0.3) is 0 Å². The van der Waals surface area contributed by atoms with Crippen LogP contribution in [-0.2, 0) is 23.7 Å². The molecule has 0 bridgehead atoms. The van der Waals surface area contributed by atoms with Crippen molar-refractivity contribution in [1.82, 2.24) is 0 Å². The van der Waals surface area contributed by atoms with Gasteiger partial charge >= 0.3 is 0 Å². The van der Waals surface area contributed by atoms with E-state index in [9.17, 15) is 0 Å². The molecule has 1 aliphatic heterocycles. The van der Waals surface area contributed by atoms with Gasteiger partial charge in [-0.3, -0.25) is 0 Å². The second-order valence-electron chi connectivity index (χ2n) is 3.56. The molecule has 16 heavy (non-hydrogen) atoms. The molecule has 0 saturated heterocycles. The quantitative estimate of drug-likeness (QED) is 0.694. The summed E-state index contributed by atoms with van der Waals surface area (Å²) < 4.78 is 26.8. The summed E-state index contributed by atoms with van der Waals surface area (Å²) in [5.74, 6) is 0. The molecule has 0 aromatic carbocycles. The zero-order chi connectivity index (χ0) is 12.0. The Balaban J connectivity index is 2.81. The lowest BCUT2D eigenvalue weighted by Crippen LogP contribution is -2.47. The first-order valence-corrected chi connectivity index (χ1v) is 5.18. The molecule has 0 fully saturated rings. The normalized spacial score (nSPS) is 34.5. The van der Waals surface area contributed by atoms with Gasteiger partial charge in [-0.2, -0.15) is 0 Å². The standard InChI is InChI=1S/C11H20O5/c1-12-7-9-11(15-4)10(14-3)8(13-2)5-6-16-9/h5-6,8-11H,7H2,1-4H3/t8-,9-,10-,11-/m1/s1. The van der Waals surface area contributed by atoms with Crippen LogP contribution in [0.5, 0.6) is 0 Å². The summed E-state index contributed by atoms with van der Waals surface area (Å²) in [5.41, 5.74) is 0. The Morgan fingerprint density at radius 1 is 1.00 bits per heavy atom. The largest absolute Gasteiger partial charge is 0.493 e. The summed E-state index contributed by atoms with van der Waals surface area (Å²) in [6.45, 7) is 0.444. The third-order valence-electron chi connectivity index (χ3n) is 2.68. The highest BCUT2D eigenvalue weighted by molar-refractivity contribution is 4.99. The molecule has 0 aromatic heterocycles. The topological polar surface area (TPSA) is 46.2 Å². The first kappa shape index (κ1) is 13.4. The second-order valence-corrected chi connectivity index (χ2v) is 3.56. The van der Waals surface area contributed by atoms with Crippen molar-refractivity contribution in [3.63, 3.8) is 0 Å². The van der Waals surface area contributed by atoms with Gasteiger partial charge in [0.15, 0.2) is 0 Å². The van der Waals surface area contributed by atoms with E-state index in [1.54, 1.807) is 34.7 Å². The van der Waals surface area contributed by atoms with Crippen molar-refractivity contribution in [1.29, 1.82) is 0 Å². The van der Waals surface area contributed by atoms with Crippen LogP contribution in [0.2, 0.25) is 0 Å². The summed E-state index contributed by atoms with van der Waals surface area (Å²) in [6, 6.07) is 0. The van der Waals surface area contributed by atoms with Crippen LogP contribution >= 0.6 is 0 Å². The minimum Gasteiger partial charge on any atom is -0.493 e. The highest BCUT2D eigenvalue weighted by Gasteiger charge is 2.37. The molecule has 0 unspecified atom stereocenters. The van der Waals surface area contributed by atoms with Crippen molar-refractivity contribution in [2.45, 2.75) is 24.4 Å². The summed E-state index contributed by atoms with van der Waals surface area (Å²) in [6.07, 6.45) is 2.60. The van der Waals surface area contributed by atoms with Gasteiger partial charge in [0.2, 0.25) is 0 Å². The first-order valence-electron chi connectivity index (χ1n) is 5.18. The molecule has 0 aliphatic carbocycles. The van der Waals surface area contributed by atoms with Crippen LogP contribution in [-0.4, -0.2) is 59.5 Å². The minimum atomic E-state index is -0.232. The van der Waals surface area contributed by atoms with Crippen molar-refractivity contribution < 1.29 is 23.7 Å². The molecule has 0 radical (unpaired) electrons. The Labute approximate surface area is 96.3 Å². The van der Waals surface area contributed by atoms with E-state index < -0.39 is 0 Å². The molecule has 0 aromatic rings. The smallest absolute Gasteiger partial charge is 0.150 e. The van der Waals surface area contributed by atoms with Gasteiger partial charge < -0.3 is 23.7 Å². The molecule has 5 heteroatoms. The van der Waals surface area contributed by atoms with E-state index in [2.05, 4.69) is 0 Å². The predicted octanol–water partition coefficient (Wildman–Crippen LogP) is 0.590. The maximum Gasteiger partial charge on any atom is 0.150 e. The van der Waals surface area contributed by atoms with E-state index in [-0.39, 0.29) is 24.4 Å². The second kappa shape index (κ2) is 6.85. The van der Waals surface area contributed by atoms with E-state index in [1.165, 1.54) is 0 Å². The van der Waals surface area contributed by atoms with Crippen LogP contribution in [0.3, 0.4) is 0 Å². The fourth-order valence-corrected chi connectivity index (χ4v) is 1.87. The predicted molar refractivity (Wildman–Crippen MR) is 58.3 cm³/mol. The summed E-state index contributed by atoms with van der Waals surface area (Å²) in [4.78, 5) is 0. The van der Waals surface area contributed by atoms with Gasteiger partial charge in [0.05, 0.1) is 12.9 Å². The molecular weight excluding hydrogens is 212 g/mol. The van der Waals surface area contributed by atoms with Crippen molar-refractivity contribution >= 4 is 0 Å². The van der Waals surface area contributed by atoms with E-state index in [0.717, 1.165) is 0 Å². The van der Waals surface area contributed by atoms with Crippen molar-refractivity contribution in [3.8, 4) is 0 Å². The molecular formula is C11H20O5. The van der Waals surface area contributed by atoms with Crippen LogP contribution in [0.4, 0.5) is 0 Å². The molecule has 1 heterocycles. The average molecular weight is 232 g/mol.